The maximum absolute atomic E-state index is 13.6. The van der Waals surface area contributed by atoms with E-state index in [0.717, 1.165) is 5.70 Å². The standard InChI is InChI=1S/C24H30N4O4/c1-24(2)12-18-22(19(29)13-24)21(16-11-15(30-3)5-6-20(16)31-4)17(14-25)23(26)28(18)27-7-9-32-10-8-27/h5-6,11,21H,7-10,12-13,26H2,1-4H3/t21-/m1/s1. The molecule has 4 rings (SSSR count). The first-order chi connectivity index (χ1) is 15.3. The topological polar surface area (TPSA) is 101 Å². The van der Waals surface area contributed by atoms with E-state index in [9.17, 15) is 10.1 Å². The summed E-state index contributed by atoms with van der Waals surface area (Å²) < 4.78 is 16.6. The lowest BCUT2D eigenvalue weighted by Gasteiger charge is -2.48. The lowest BCUT2D eigenvalue weighted by atomic mass is 9.69. The van der Waals surface area contributed by atoms with Crippen LogP contribution in [-0.2, 0) is 9.53 Å². The smallest absolute Gasteiger partial charge is 0.162 e. The number of hydrogen-bond donors (Lipinski definition) is 1. The van der Waals surface area contributed by atoms with Gasteiger partial charge < -0.3 is 19.9 Å². The second kappa shape index (κ2) is 8.49. The maximum atomic E-state index is 13.6. The minimum absolute atomic E-state index is 0.0321. The van der Waals surface area contributed by atoms with E-state index < -0.39 is 5.92 Å². The highest BCUT2D eigenvalue weighted by molar-refractivity contribution is 6.00. The number of rotatable bonds is 4. The lowest BCUT2D eigenvalue weighted by Crippen LogP contribution is -2.53. The van der Waals surface area contributed by atoms with Gasteiger partial charge in [-0.2, -0.15) is 5.26 Å². The highest BCUT2D eigenvalue weighted by Gasteiger charge is 2.46. The first kappa shape index (κ1) is 22.2. The predicted molar refractivity (Wildman–Crippen MR) is 118 cm³/mol. The molecule has 1 aromatic carbocycles. The van der Waals surface area contributed by atoms with E-state index in [1.165, 1.54) is 0 Å². The van der Waals surface area contributed by atoms with Gasteiger partial charge in [-0.1, -0.05) is 13.8 Å². The van der Waals surface area contributed by atoms with Crippen LogP contribution in [0.3, 0.4) is 0 Å². The minimum atomic E-state index is -0.610. The third-order valence-corrected chi connectivity index (χ3v) is 6.37. The van der Waals surface area contributed by atoms with Crippen molar-refractivity contribution in [2.75, 3.05) is 40.5 Å². The maximum Gasteiger partial charge on any atom is 0.162 e. The number of ether oxygens (including phenoxy) is 3. The third-order valence-electron chi connectivity index (χ3n) is 6.37. The molecule has 3 aliphatic rings. The average molecular weight is 439 g/mol. The number of hydrazine groups is 1. The van der Waals surface area contributed by atoms with Crippen LogP contribution in [-0.4, -0.2) is 56.3 Å². The molecule has 0 radical (unpaired) electrons. The Bertz CT molecular complexity index is 1030. The molecule has 0 saturated carbocycles. The molecule has 32 heavy (non-hydrogen) atoms. The van der Waals surface area contributed by atoms with E-state index in [2.05, 4.69) is 24.9 Å². The van der Waals surface area contributed by atoms with Gasteiger partial charge in [0.15, 0.2) is 5.78 Å². The van der Waals surface area contributed by atoms with Crippen LogP contribution in [0.2, 0.25) is 0 Å². The molecule has 1 fully saturated rings. The number of methoxy groups -OCH3 is 2. The molecule has 0 unspecified atom stereocenters. The fourth-order valence-electron chi connectivity index (χ4n) is 4.94. The molecule has 0 bridgehead atoms. The molecule has 0 amide bonds. The summed E-state index contributed by atoms with van der Waals surface area (Å²) >= 11 is 0. The summed E-state index contributed by atoms with van der Waals surface area (Å²) in [7, 11) is 3.16. The van der Waals surface area contributed by atoms with Gasteiger partial charge in [0.1, 0.15) is 17.3 Å². The number of hydrogen-bond acceptors (Lipinski definition) is 8. The second-order valence-corrected chi connectivity index (χ2v) is 9.13. The molecule has 2 N–H and O–H groups in total. The van der Waals surface area contributed by atoms with Crippen molar-refractivity contribution in [3.8, 4) is 17.6 Å². The van der Waals surface area contributed by atoms with Crippen molar-refractivity contribution in [3.05, 3.63) is 46.4 Å². The molecule has 1 aliphatic carbocycles. The van der Waals surface area contributed by atoms with Crippen LogP contribution in [0.5, 0.6) is 11.5 Å². The molecule has 1 saturated heterocycles. The zero-order valence-corrected chi connectivity index (χ0v) is 19.1. The van der Waals surface area contributed by atoms with Crippen molar-refractivity contribution in [3.63, 3.8) is 0 Å². The Labute approximate surface area is 188 Å². The van der Waals surface area contributed by atoms with E-state index >= 15 is 0 Å². The van der Waals surface area contributed by atoms with Gasteiger partial charge in [-0.15, -0.1) is 0 Å². The zero-order valence-electron chi connectivity index (χ0n) is 19.1. The number of carbonyl (C=O) groups is 1. The van der Waals surface area contributed by atoms with Crippen LogP contribution in [0.1, 0.15) is 38.2 Å². The molecule has 1 aromatic rings. The Morgan fingerprint density at radius 1 is 1.19 bits per heavy atom. The Morgan fingerprint density at radius 3 is 2.53 bits per heavy atom. The number of nitriles is 1. The summed E-state index contributed by atoms with van der Waals surface area (Å²) in [5.74, 6) is 0.984. The number of Topliss-reactive ketones (excluding diaryl/α,β-unsaturated/α-hetero) is 1. The summed E-state index contributed by atoms with van der Waals surface area (Å²) in [6.07, 6.45) is 1.08. The number of ketones is 1. The van der Waals surface area contributed by atoms with E-state index in [4.69, 9.17) is 19.9 Å². The molecule has 8 nitrogen and oxygen atoms in total. The Morgan fingerprint density at radius 2 is 1.91 bits per heavy atom. The first-order valence-electron chi connectivity index (χ1n) is 10.8. The first-order valence-corrected chi connectivity index (χ1v) is 10.8. The summed E-state index contributed by atoms with van der Waals surface area (Å²) in [4.78, 5) is 13.6. The van der Waals surface area contributed by atoms with E-state index in [1.807, 2.05) is 11.1 Å². The number of nitrogens with two attached hydrogens (primary N) is 1. The van der Waals surface area contributed by atoms with E-state index in [-0.39, 0.29) is 11.2 Å². The van der Waals surface area contributed by atoms with Gasteiger partial charge >= 0.3 is 0 Å². The number of benzene rings is 1. The molecule has 170 valence electrons. The summed E-state index contributed by atoms with van der Waals surface area (Å²) in [6, 6.07) is 7.73. The van der Waals surface area contributed by atoms with Crippen molar-refractivity contribution in [1.29, 1.82) is 5.26 Å². The van der Waals surface area contributed by atoms with Crippen LogP contribution in [0.25, 0.3) is 0 Å². The molecule has 1 atom stereocenters. The predicted octanol–water partition coefficient (Wildman–Crippen LogP) is 2.69. The SMILES string of the molecule is COc1ccc(OC)c([C@@H]2C(C#N)=C(N)N(N3CCOCC3)C3=C2C(=O)CC(C)(C)C3)c1. The van der Waals surface area contributed by atoms with Crippen molar-refractivity contribution in [1.82, 2.24) is 10.0 Å². The van der Waals surface area contributed by atoms with Crippen molar-refractivity contribution >= 4 is 5.78 Å². The van der Waals surface area contributed by atoms with Crippen LogP contribution >= 0.6 is 0 Å². The number of morpholine rings is 1. The molecule has 2 heterocycles. The monoisotopic (exact) mass is 438 g/mol. The Kier molecular flexibility index (Phi) is 5.89. The molecule has 8 heteroatoms. The third kappa shape index (κ3) is 3.72. The molecule has 0 spiro atoms. The average Bonchev–Trinajstić information content (AvgIpc) is 2.77. The number of carbonyl (C=O) groups excluding carboxylic acids is 1. The van der Waals surface area contributed by atoms with Crippen LogP contribution in [0.15, 0.2) is 40.9 Å². The fraction of sp³-hybridized carbons (Fsp3) is 0.500. The fourth-order valence-corrected chi connectivity index (χ4v) is 4.94. The van der Waals surface area contributed by atoms with Gasteiger partial charge in [-0.25, -0.2) is 5.01 Å². The van der Waals surface area contributed by atoms with Crippen LogP contribution in [0.4, 0.5) is 0 Å². The number of allylic oxidation sites excluding steroid dienone is 3. The van der Waals surface area contributed by atoms with Gasteiger partial charge in [-0.3, -0.25) is 9.80 Å². The second-order valence-electron chi connectivity index (χ2n) is 9.13. The highest BCUT2D eigenvalue weighted by atomic mass is 16.5. The normalized spacial score (nSPS) is 23.7. The quantitative estimate of drug-likeness (QED) is 0.766. The van der Waals surface area contributed by atoms with Gasteiger partial charge in [0.05, 0.1) is 45.0 Å². The van der Waals surface area contributed by atoms with E-state index in [0.29, 0.717) is 73.2 Å². The Balaban J connectivity index is 1.97. The van der Waals surface area contributed by atoms with Crippen molar-refractivity contribution in [2.24, 2.45) is 11.1 Å². The van der Waals surface area contributed by atoms with Gasteiger partial charge in [0.2, 0.25) is 0 Å². The molecule has 2 aliphatic heterocycles. The summed E-state index contributed by atoms with van der Waals surface area (Å²) in [5, 5.41) is 14.2. The van der Waals surface area contributed by atoms with Crippen LogP contribution in [0, 0.1) is 16.7 Å². The molecular formula is C24H30N4O4. The number of nitrogens with zero attached hydrogens (tertiary/aromatic N) is 3. The highest BCUT2D eigenvalue weighted by Crippen LogP contribution is 2.51. The van der Waals surface area contributed by atoms with Crippen molar-refractivity contribution < 1.29 is 19.0 Å². The zero-order chi connectivity index (χ0) is 23.0. The largest absolute Gasteiger partial charge is 0.497 e. The van der Waals surface area contributed by atoms with Gasteiger partial charge in [0.25, 0.3) is 0 Å². The summed E-state index contributed by atoms with van der Waals surface area (Å²) in [6.45, 7) is 6.59. The van der Waals surface area contributed by atoms with Gasteiger partial charge in [-0.05, 0) is 30.0 Å². The summed E-state index contributed by atoms with van der Waals surface area (Å²) in [5.41, 5.74) is 8.99. The van der Waals surface area contributed by atoms with Gasteiger partial charge in [0, 0.05) is 36.3 Å². The Hall–Kier alpha value is -3.02. The minimum Gasteiger partial charge on any atom is -0.497 e. The lowest BCUT2D eigenvalue weighted by molar-refractivity contribution is -0.119. The molecular weight excluding hydrogens is 408 g/mol. The van der Waals surface area contributed by atoms with E-state index in [1.54, 1.807) is 26.4 Å². The van der Waals surface area contributed by atoms with Crippen LogP contribution < -0.4 is 15.2 Å². The van der Waals surface area contributed by atoms with Crippen molar-refractivity contribution in [2.45, 2.75) is 32.6 Å². The molecule has 0 aromatic heterocycles.